The van der Waals surface area contributed by atoms with Crippen LogP contribution < -0.4 is 4.74 Å². The molecule has 0 unspecified atom stereocenters. The smallest absolute Gasteiger partial charge is 0.119 e. The van der Waals surface area contributed by atoms with Gasteiger partial charge in [-0.1, -0.05) is 60.7 Å². The standard InChI is InChI=1S/C22H17NO/c1-24-18-12-13-19(16-7-3-2-4-8-16)20(15-18)22-14-11-17-9-5-6-10-21(17)23-22/h2-15H,1H3. The summed E-state index contributed by atoms with van der Waals surface area (Å²) in [6.45, 7) is 0. The fraction of sp³-hybridized carbons (Fsp3) is 0.0455. The van der Waals surface area contributed by atoms with E-state index in [9.17, 15) is 0 Å². The van der Waals surface area contributed by atoms with Gasteiger partial charge < -0.3 is 4.74 Å². The number of pyridine rings is 1. The van der Waals surface area contributed by atoms with Gasteiger partial charge in [0.25, 0.3) is 0 Å². The SMILES string of the molecule is COc1ccc(-c2ccccc2)c(-c2ccc3ccccc3n2)c1. The van der Waals surface area contributed by atoms with Gasteiger partial charge in [0.15, 0.2) is 0 Å². The number of hydrogen-bond donors (Lipinski definition) is 0. The Kier molecular flexibility index (Phi) is 3.72. The third-order valence-corrected chi connectivity index (χ3v) is 4.19. The van der Waals surface area contributed by atoms with Crippen molar-refractivity contribution in [2.45, 2.75) is 0 Å². The van der Waals surface area contributed by atoms with Crippen LogP contribution in [0.4, 0.5) is 0 Å². The van der Waals surface area contributed by atoms with E-state index in [0.29, 0.717) is 0 Å². The van der Waals surface area contributed by atoms with Gasteiger partial charge in [0.05, 0.1) is 18.3 Å². The van der Waals surface area contributed by atoms with Gasteiger partial charge in [-0.15, -0.1) is 0 Å². The minimum absolute atomic E-state index is 0.833. The van der Waals surface area contributed by atoms with Crippen molar-refractivity contribution in [2.24, 2.45) is 0 Å². The molecule has 1 heterocycles. The topological polar surface area (TPSA) is 22.1 Å². The van der Waals surface area contributed by atoms with Crippen LogP contribution in [0.1, 0.15) is 0 Å². The van der Waals surface area contributed by atoms with E-state index in [0.717, 1.165) is 33.5 Å². The van der Waals surface area contributed by atoms with Gasteiger partial charge in [-0.2, -0.15) is 0 Å². The molecule has 4 rings (SSSR count). The predicted molar refractivity (Wildman–Crippen MR) is 99.2 cm³/mol. The Balaban J connectivity index is 1.94. The Morgan fingerprint density at radius 1 is 0.708 bits per heavy atom. The van der Waals surface area contributed by atoms with E-state index in [1.54, 1.807) is 7.11 Å². The molecular weight excluding hydrogens is 294 g/mol. The number of nitrogens with zero attached hydrogens (tertiary/aromatic N) is 1. The fourth-order valence-corrected chi connectivity index (χ4v) is 2.95. The third-order valence-electron chi connectivity index (χ3n) is 4.19. The number of rotatable bonds is 3. The van der Waals surface area contributed by atoms with E-state index in [1.165, 1.54) is 5.56 Å². The summed E-state index contributed by atoms with van der Waals surface area (Å²) in [5.41, 5.74) is 5.35. The summed E-state index contributed by atoms with van der Waals surface area (Å²) >= 11 is 0. The molecule has 0 aliphatic carbocycles. The lowest BCUT2D eigenvalue weighted by atomic mass is 9.96. The van der Waals surface area contributed by atoms with E-state index < -0.39 is 0 Å². The molecule has 2 heteroatoms. The quantitative estimate of drug-likeness (QED) is 0.493. The number of ether oxygens (including phenoxy) is 1. The van der Waals surface area contributed by atoms with Gasteiger partial charge in [0.1, 0.15) is 5.75 Å². The van der Waals surface area contributed by atoms with Crippen LogP contribution in [0.5, 0.6) is 5.75 Å². The molecule has 4 aromatic rings. The summed E-state index contributed by atoms with van der Waals surface area (Å²) in [7, 11) is 1.69. The maximum atomic E-state index is 5.43. The molecule has 0 aliphatic heterocycles. The Bertz CT molecular complexity index is 993. The summed E-state index contributed by atoms with van der Waals surface area (Å²) in [4.78, 5) is 4.85. The van der Waals surface area contributed by atoms with Crippen LogP contribution in [-0.2, 0) is 0 Å². The summed E-state index contributed by atoms with van der Waals surface area (Å²) in [6, 6.07) is 28.9. The Morgan fingerprint density at radius 2 is 1.50 bits per heavy atom. The first-order valence-electron chi connectivity index (χ1n) is 7.95. The number of benzene rings is 3. The van der Waals surface area contributed by atoms with Gasteiger partial charge in [-0.05, 0) is 35.4 Å². The highest BCUT2D eigenvalue weighted by molar-refractivity contribution is 5.87. The van der Waals surface area contributed by atoms with Crippen molar-refractivity contribution in [3.63, 3.8) is 0 Å². The van der Waals surface area contributed by atoms with E-state index in [2.05, 4.69) is 54.6 Å². The van der Waals surface area contributed by atoms with Crippen molar-refractivity contribution in [2.75, 3.05) is 7.11 Å². The third kappa shape index (κ3) is 2.63. The van der Waals surface area contributed by atoms with E-state index in [1.807, 2.05) is 30.3 Å². The van der Waals surface area contributed by atoms with E-state index >= 15 is 0 Å². The fourth-order valence-electron chi connectivity index (χ4n) is 2.95. The minimum atomic E-state index is 0.833. The Morgan fingerprint density at radius 3 is 2.33 bits per heavy atom. The van der Waals surface area contributed by atoms with Crippen LogP contribution in [0, 0.1) is 0 Å². The highest BCUT2D eigenvalue weighted by atomic mass is 16.5. The molecule has 3 aromatic carbocycles. The highest BCUT2D eigenvalue weighted by Crippen LogP contribution is 2.34. The Labute approximate surface area is 141 Å². The van der Waals surface area contributed by atoms with Crippen LogP contribution in [-0.4, -0.2) is 12.1 Å². The van der Waals surface area contributed by atoms with Crippen LogP contribution in [0.2, 0.25) is 0 Å². The van der Waals surface area contributed by atoms with Gasteiger partial charge in [-0.25, -0.2) is 4.98 Å². The summed E-state index contributed by atoms with van der Waals surface area (Å²) in [5, 5.41) is 1.14. The summed E-state index contributed by atoms with van der Waals surface area (Å²) in [5.74, 6) is 0.833. The molecule has 1 aromatic heterocycles. The maximum absolute atomic E-state index is 5.43. The number of hydrogen-bond acceptors (Lipinski definition) is 2. The zero-order valence-corrected chi connectivity index (χ0v) is 13.4. The normalized spacial score (nSPS) is 10.7. The number of methoxy groups -OCH3 is 1. The lowest BCUT2D eigenvalue weighted by Crippen LogP contribution is -1.91. The second kappa shape index (κ2) is 6.17. The van der Waals surface area contributed by atoms with Crippen LogP contribution >= 0.6 is 0 Å². The first kappa shape index (κ1) is 14.5. The molecule has 24 heavy (non-hydrogen) atoms. The minimum Gasteiger partial charge on any atom is -0.497 e. The molecule has 0 saturated carbocycles. The first-order valence-corrected chi connectivity index (χ1v) is 7.95. The van der Waals surface area contributed by atoms with Crippen molar-refractivity contribution in [3.05, 3.63) is 84.9 Å². The van der Waals surface area contributed by atoms with Crippen molar-refractivity contribution in [1.82, 2.24) is 4.98 Å². The van der Waals surface area contributed by atoms with E-state index in [4.69, 9.17) is 9.72 Å². The maximum Gasteiger partial charge on any atom is 0.119 e. The van der Waals surface area contributed by atoms with Crippen LogP contribution in [0.3, 0.4) is 0 Å². The molecule has 0 atom stereocenters. The lowest BCUT2D eigenvalue weighted by molar-refractivity contribution is 0.415. The molecule has 2 nitrogen and oxygen atoms in total. The summed E-state index contributed by atoms with van der Waals surface area (Å²) < 4.78 is 5.43. The predicted octanol–water partition coefficient (Wildman–Crippen LogP) is 5.58. The first-order chi connectivity index (χ1) is 11.8. The van der Waals surface area contributed by atoms with Crippen LogP contribution in [0.15, 0.2) is 84.9 Å². The van der Waals surface area contributed by atoms with Gasteiger partial charge in [-0.3, -0.25) is 0 Å². The molecular formula is C22H17NO. The average molecular weight is 311 g/mol. The molecule has 116 valence electrons. The van der Waals surface area contributed by atoms with Crippen LogP contribution in [0.25, 0.3) is 33.3 Å². The molecule has 0 radical (unpaired) electrons. The largest absolute Gasteiger partial charge is 0.497 e. The molecule has 0 spiro atoms. The Hall–Kier alpha value is -3.13. The molecule has 0 saturated heterocycles. The van der Waals surface area contributed by atoms with Gasteiger partial charge in [0, 0.05) is 10.9 Å². The van der Waals surface area contributed by atoms with Crippen molar-refractivity contribution in [1.29, 1.82) is 0 Å². The number of para-hydroxylation sites is 1. The average Bonchev–Trinajstić information content (AvgIpc) is 2.68. The number of fused-ring (bicyclic) bond motifs is 1. The second-order valence-corrected chi connectivity index (χ2v) is 5.67. The second-order valence-electron chi connectivity index (χ2n) is 5.67. The van der Waals surface area contributed by atoms with Crippen molar-refractivity contribution >= 4 is 10.9 Å². The zero-order chi connectivity index (χ0) is 16.4. The summed E-state index contributed by atoms with van der Waals surface area (Å²) in [6.07, 6.45) is 0. The highest BCUT2D eigenvalue weighted by Gasteiger charge is 2.11. The molecule has 0 amide bonds. The molecule has 0 aliphatic rings. The molecule has 0 fully saturated rings. The molecule has 0 bridgehead atoms. The van der Waals surface area contributed by atoms with Crippen molar-refractivity contribution in [3.8, 4) is 28.1 Å². The zero-order valence-electron chi connectivity index (χ0n) is 13.4. The number of aromatic nitrogens is 1. The van der Waals surface area contributed by atoms with Gasteiger partial charge >= 0.3 is 0 Å². The lowest BCUT2D eigenvalue weighted by Gasteiger charge is -2.12. The monoisotopic (exact) mass is 311 g/mol. The van der Waals surface area contributed by atoms with Crippen molar-refractivity contribution < 1.29 is 4.74 Å². The van der Waals surface area contributed by atoms with E-state index in [-0.39, 0.29) is 0 Å². The van der Waals surface area contributed by atoms with Gasteiger partial charge in [0.2, 0.25) is 0 Å². The molecule has 0 N–H and O–H groups in total.